The maximum Gasteiger partial charge on any atom is 0.315 e. The van der Waals surface area contributed by atoms with Gasteiger partial charge < -0.3 is 26.2 Å². The smallest absolute Gasteiger partial charge is 0.315 e. The van der Waals surface area contributed by atoms with Crippen molar-refractivity contribution in [2.24, 2.45) is 16.2 Å². The normalized spacial score (nSPS) is 23.8. The first-order valence-electron chi connectivity index (χ1n) is 18.7. The van der Waals surface area contributed by atoms with Gasteiger partial charge in [0.1, 0.15) is 12.1 Å². The molecule has 2 aliphatic heterocycles. The SMILES string of the molecule is CCCC(NC(=O)[C@@H]1CCCN1C(=O)[C@@H](NC(=O)N[C@H](CN1C(=O)CC(C)(C)CC1=O)C(C)(C)C)C1(C)CCCCC1)C(=O)C(=O)NC1CC1. The molecule has 13 heteroatoms. The largest absolute Gasteiger partial charge is 0.347 e. The summed E-state index contributed by atoms with van der Waals surface area (Å²) < 4.78 is 0. The van der Waals surface area contributed by atoms with Crippen molar-refractivity contribution in [2.45, 2.75) is 162 Å². The Kier molecular flexibility index (Phi) is 12.4. The number of ketones is 1. The van der Waals surface area contributed by atoms with Crippen LogP contribution < -0.4 is 21.3 Å². The van der Waals surface area contributed by atoms with Crippen molar-refractivity contribution in [2.75, 3.05) is 13.1 Å². The minimum absolute atomic E-state index is 0.0102. The van der Waals surface area contributed by atoms with Crippen LogP contribution in [0.15, 0.2) is 0 Å². The molecule has 7 amide bonds. The molecule has 4 aliphatic rings. The van der Waals surface area contributed by atoms with Crippen LogP contribution in [0, 0.1) is 16.2 Å². The molecule has 0 bridgehead atoms. The highest BCUT2D eigenvalue weighted by molar-refractivity contribution is 6.38. The van der Waals surface area contributed by atoms with Gasteiger partial charge in [-0.05, 0) is 61.2 Å². The van der Waals surface area contributed by atoms with E-state index in [9.17, 15) is 33.6 Å². The lowest BCUT2D eigenvalue weighted by atomic mass is 9.70. The summed E-state index contributed by atoms with van der Waals surface area (Å²) in [7, 11) is 0. The second-order valence-electron chi connectivity index (χ2n) is 17.3. The highest BCUT2D eigenvalue weighted by Gasteiger charge is 2.47. The maximum atomic E-state index is 14.5. The van der Waals surface area contributed by atoms with Crippen LogP contribution in [0.3, 0.4) is 0 Å². The number of amides is 7. The van der Waals surface area contributed by atoms with Crippen LogP contribution in [-0.4, -0.2) is 94.4 Å². The molecular formula is C37H60N6O7. The molecule has 2 heterocycles. The fourth-order valence-electron chi connectivity index (χ4n) is 7.58. The lowest BCUT2D eigenvalue weighted by Crippen LogP contribution is -2.63. The van der Waals surface area contributed by atoms with Gasteiger partial charge >= 0.3 is 6.03 Å². The number of carbonyl (C=O) groups is 7. The van der Waals surface area contributed by atoms with Gasteiger partial charge in [-0.25, -0.2) is 4.79 Å². The van der Waals surface area contributed by atoms with Crippen molar-refractivity contribution in [3.05, 3.63) is 0 Å². The molecular weight excluding hydrogens is 640 g/mol. The van der Waals surface area contributed by atoms with E-state index in [0.29, 0.717) is 45.1 Å². The summed E-state index contributed by atoms with van der Waals surface area (Å²) in [5.74, 6) is -2.75. The minimum atomic E-state index is -0.988. The molecule has 0 aromatic rings. The molecule has 4 atom stereocenters. The van der Waals surface area contributed by atoms with E-state index in [4.69, 9.17) is 0 Å². The maximum absolute atomic E-state index is 14.5. The molecule has 2 aliphatic carbocycles. The number of piperidine rings is 1. The molecule has 1 unspecified atom stereocenters. The van der Waals surface area contributed by atoms with Crippen LogP contribution >= 0.6 is 0 Å². The van der Waals surface area contributed by atoms with Gasteiger partial charge in [0.15, 0.2) is 0 Å². The number of urea groups is 1. The summed E-state index contributed by atoms with van der Waals surface area (Å²) in [5, 5.41) is 11.5. The van der Waals surface area contributed by atoms with Crippen molar-refractivity contribution in [1.82, 2.24) is 31.1 Å². The van der Waals surface area contributed by atoms with Gasteiger partial charge in [0, 0.05) is 32.0 Å². The molecule has 0 aromatic heterocycles. The zero-order valence-corrected chi connectivity index (χ0v) is 31.2. The van der Waals surface area contributed by atoms with Crippen LogP contribution in [0.5, 0.6) is 0 Å². The van der Waals surface area contributed by atoms with Gasteiger partial charge in [-0.2, -0.15) is 0 Å². The van der Waals surface area contributed by atoms with Crippen LogP contribution in [0.1, 0.15) is 132 Å². The number of Topliss-reactive ketones (excluding diaryl/α,β-unsaturated/α-hetero) is 1. The minimum Gasteiger partial charge on any atom is -0.347 e. The Morgan fingerprint density at radius 2 is 1.48 bits per heavy atom. The monoisotopic (exact) mass is 700 g/mol. The Morgan fingerprint density at radius 1 is 0.860 bits per heavy atom. The average molecular weight is 701 g/mol. The van der Waals surface area contributed by atoms with Crippen molar-refractivity contribution < 1.29 is 33.6 Å². The van der Waals surface area contributed by atoms with Gasteiger partial charge in [-0.3, -0.25) is 33.7 Å². The van der Waals surface area contributed by atoms with E-state index in [1.165, 1.54) is 9.80 Å². The third-order valence-electron chi connectivity index (χ3n) is 11.0. The van der Waals surface area contributed by atoms with Crippen LogP contribution in [0.2, 0.25) is 0 Å². The Hall–Kier alpha value is -3.51. The fraction of sp³-hybridized carbons (Fsp3) is 0.811. The molecule has 50 heavy (non-hydrogen) atoms. The second-order valence-corrected chi connectivity index (χ2v) is 17.3. The number of carbonyl (C=O) groups excluding carboxylic acids is 7. The van der Waals surface area contributed by atoms with Gasteiger partial charge in [0.2, 0.25) is 29.4 Å². The molecule has 4 N–H and O–H groups in total. The van der Waals surface area contributed by atoms with Gasteiger partial charge in [0.25, 0.3) is 5.91 Å². The molecule has 4 rings (SSSR count). The van der Waals surface area contributed by atoms with E-state index in [1.807, 2.05) is 48.5 Å². The third kappa shape index (κ3) is 9.84. The number of likely N-dealkylation sites (tertiary alicyclic amines) is 2. The number of hydrogen-bond acceptors (Lipinski definition) is 7. The first-order valence-corrected chi connectivity index (χ1v) is 18.7. The summed E-state index contributed by atoms with van der Waals surface area (Å²) in [6, 6.07) is -3.93. The number of imide groups is 1. The van der Waals surface area contributed by atoms with Gasteiger partial charge in [-0.15, -0.1) is 0 Å². The Balaban J connectivity index is 1.50. The highest BCUT2D eigenvalue weighted by atomic mass is 16.2. The van der Waals surface area contributed by atoms with Crippen LogP contribution in [0.25, 0.3) is 0 Å². The lowest BCUT2D eigenvalue weighted by Gasteiger charge is -2.43. The number of hydrogen-bond donors (Lipinski definition) is 4. The predicted molar refractivity (Wildman–Crippen MR) is 187 cm³/mol. The number of nitrogens with zero attached hydrogens (tertiary/aromatic N) is 2. The van der Waals surface area contributed by atoms with Crippen molar-refractivity contribution in [3.63, 3.8) is 0 Å². The topological polar surface area (TPSA) is 174 Å². The Morgan fingerprint density at radius 3 is 2.04 bits per heavy atom. The zero-order chi connectivity index (χ0) is 37.0. The standard InChI is InChI=1S/C37H60N6O7/c1-8-13-24(29(46)32(48)38-23-15-16-23)39-31(47)25-14-12-19-42(25)33(49)30(37(7)17-10-9-11-18-37)41-34(50)40-26(35(2,3)4)22-43-27(44)20-36(5,6)21-28(43)45/h23-26,30H,8-22H2,1-7H3,(H,38,48)(H,39,47)(H2,40,41,50)/t24?,25-,26+,30+/m0/s1. The quantitative estimate of drug-likeness (QED) is 0.168. The van der Waals surface area contributed by atoms with E-state index >= 15 is 0 Å². The van der Waals surface area contributed by atoms with Crippen molar-refractivity contribution >= 4 is 41.4 Å². The fourth-order valence-corrected chi connectivity index (χ4v) is 7.58. The van der Waals surface area contributed by atoms with Gasteiger partial charge in [0.05, 0.1) is 12.1 Å². The Labute approximate surface area is 297 Å². The molecule has 2 saturated carbocycles. The Bertz CT molecular complexity index is 1310. The molecule has 0 aromatic carbocycles. The van der Waals surface area contributed by atoms with Crippen molar-refractivity contribution in [3.8, 4) is 0 Å². The van der Waals surface area contributed by atoms with Gasteiger partial charge in [-0.1, -0.05) is 74.1 Å². The summed E-state index contributed by atoms with van der Waals surface area (Å²) in [6.07, 6.45) is 8.26. The number of rotatable bonds is 13. The summed E-state index contributed by atoms with van der Waals surface area (Å²) >= 11 is 0. The second kappa shape index (κ2) is 15.8. The van der Waals surface area contributed by atoms with Crippen LogP contribution in [-0.2, 0) is 28.8 Å². The zero-order valence-electron chi connectivity index (χ0n) is 31.2. The van der Waals surface area contributed by atoms with E-state index in [2.05, 4.69) is 21.3 Å². The lowest BCUT2D eigenvalue weighted by molar-refractivity contribution is -0.153. The van der Waals surface area contributed by atoms with Crippen LogP contribution in [0.4, 0.5) is 4.79 Å². The predicted octanol–water partition coefficient (Wildman–Crippen LogP) is 3.34. The number of nitrogens with one attached hydrogen (secondary N) is 4. The highest BCUT2D eigenvalue weighted by Crippen LogP contribution is 2.40. The molecule has 13 nitrogen and oxygen atoms in total. The summed E-state index contributed by atoms with van der Waals surface area (Å²) in [4.78, 5) is 96.3. The summed E-state index contributed by atoms with van der Waals surface area (Å²) in [6.45, 7) is 13.8. The molecule has 0 radical (unpaired) electrons. The molecule has 0 spiro atoms. The molecule has 280 valence electrons. The third-order valence-corrected chi connectivity index (χ3v) is 11.0. The summed E-state index contributed by atoms with van der Waals surface area (Å²) in [5.41, 5.74) is -1.52. The first kappa shape index (κ1) is 39.3. The van der Waals surface area contributed by atoms with E-state index in [0.717, 1.165) is 32.1 Å². The van der Waals surface area contributed by atoms with E-state index in [-0.39, 0.29) is 43.1 Å². The van der Waals surface area contributed by atoms with Crippen molar-refractivity contribution in [1.29, 1.82) is 0 Å². The van der Waals surface area contributed by atoms with E-state index < -0.39 is 64.0 Å². The van der Waals surface area contributed by atoms with E-state index in [1.54, 1.807) is 0 Å². The average Bonchev–Trinajstić information content (AvgIpc) is 3.69. The molecule has 2 saturated heterocycles. The first-order chi connectivity index (χ1) is 23.3. The molecule has 4 fully saturated rings.